The molecule has 7 nitrogen and oxygen atoms in total. The van der Waals surface area contributed by atoms with Crippen LogP contribution in [0, 0.1) is 23.7 Å². The molecule has 1 aromatic heterocycles. The highest BCUT2D eigenvalue weighted by molar-refractivity contribution is 7.89. The number of aromatic nitrogens is 1. The van der Waals surface area contributed by atoms with Gasteiger partial charge in [0.05, 0.1) is 23.9 Å². The number of nitrogens with one attached hydrogen (secondary N) is 1. The molecule has 0 saturated heterocycles. The van der Waals surface area contributed by atoms with Gasteiger partial charge in [-0.05, 0) is 44.1 Å². The summed E-state index contributed by atoms with van der Waals surface area (Å²) in [6.07, 6.45) is 5.53. The molecule has 0 unspecified atom stereocenters. The predicted molar refractivity (Wildman–Crippen MR) is 112 cm³/mol. The molecule has 158 valence electrons. The van der Waals surface area contributed by atoms with Crippen LogP contribution in [-0.2, 0) is 19.6 Å². The number of para-hydroxylation sites is 1. The van der Waals surface area contributed by atoms with Crippen molar-refractivity contribution in [2.45, 2.75) is 38.6 Å². The number of benzene rings is 1. The van der Waals surface area contributed by atoms with E-state index in [0.29, 0.717) is 22.7 Å². The van der Waals surface area contributed by atoms with Gasteiger partial charge in [0.1, 0.15) is 0 Å². The number of carbonyl (C=O) groups excluding carboxylic acids is 2. The van der Waals surface area contributed by atoms with Crippen LogP contribution in [0.25, 0.3) is 10.9 Å². The van der Waals surface area contributed by atoms with Crippen LogP contribution in [0.5, 0.6) is 0 Å². The number of fused-ring (bicyclic) bond motifs is 3. The number of nitrogens with zero attached hydrogens (tertiary/aromatic N) is 1. The molecular weight excluding hydrogens is 404 g/mol. The normalized spacial score (nSPS) is 22.5. The van der Waals surface area contributed by atoms with Crippen molar-refractivity contribution in [1.29, 1.82) is 0 Å². The third-order valence-electron chi connectivity index (χ3n) is 5.99. The fourth-order valence-electron chi connectivity index (χ4n) is 4.81. The molecule has 2 bridgehead atoms. The molecular formula is C22H24N2O5S. The lowest BCUT2D eigenvalue weighted by molar-refractivity contribution is -0.116. The van der Waals surface area contributed by atoms with Gasteiger partial charge in [0, 0.05) is 17.3 Å². The molecule has 1 heterocycles. The van der Waals surface area contributed by atoms with Crippen molar-refractivity contribution in [3.8, 4) is 11.8 Å². The first-order valence-electron chi connectivity index (χ1n) is 10.1. The van der Waals surface area contributed by atoms with Crippen molar-refractivity contribution < 1.29 is 22.7 Å². The van der Waals surface area contributed by atoms with Crippen molar-refractivity contribution in [2.75, 3.05) is 12.9 Å². The van der Waals surface area contributed by atoms with Crippen LogP contribution in [-0.4, -0.2) is 43.2 Å². The summed E-state index contributed by atoms with van der Waals surface area (Å²) in [5, 5.41) is 3.46. The third kappa shape index (κ3) is 3.70. The smallest absolute Gasteiger partial charge is 0.357 e. The van der Waals surface area contributed by atoms with Crippen molar-refractivity contribution in [2.24, 2.45) is 11.8 Å². The molecule has 1 aromatic carbocycles. The van der Waals surface area contributed by atoms with E-state index in [-0.39, 0.29) is 23.9 Å². The second-order valence-corrected chi connectivity index (χ2v) is 9.82. The Morgan fingerprint density at radius 2 is 2.00 bits per heavy atom. The molecule has 8 heteroatoms. The average Bonchev–Trinajstić information content (AvgIpc) is 3.38. The van der Waals surface area contributed by atoms with Gasteiger partial charge in [0.2, 0.25) is 10.0 Å². The predicted octanol–water partition coefficient (Wildman–Crippen LogP) is 2.28. The summed E-state index contributed by atoms with van der Waals surface area (Å²) < 4.78 is 30.9. The highest BCUT2D eigenvalue weighted by atomic mass is 32.2. The summed E-state index contributed by atoms with van der Waals surface area (Å²) in [5.74, 6) is 5.32. The molecule has 0 aliphatic heterocycles. The maximum absolute atomic E-state index is 12.6. The minimum Gasteiger partial charge on any atom is -0.461 e. The fourth-order valence-corrected chi connectivity index (χ4v) is 5.83. The monoisotopic (exact) mass is 428 g/mol. The van der Waals surface area contributed by atoms with Gasteiger partial charge in [0.15, 0.2) is 5.69 Å². The largest absolute Gasteiger partial charge is 0.461 e. The first-order chi connectivity index (χ1) is 14.3. The van der Waals surface area contributed by atoms with Gasteiger partial charge in [-0.25, -0.2) is 17.2 Å². The fraction of sp³-hybridized carbons (Fsp3) is 0.455. The van der Waals surface area contributed by atoms with Crippen molar-refractivity contribution in [3.05, 3.63) is 35.5 Å². The van der Waals surface area contributed by atoms with E-state index in [0.717, 1.165) is 29.5 Å². The summed E-state index contributed by atoms with van der Waals surface area (Å²) in [7, 11) is -3.82. The first kappa shape index (κ1) is 20.5. The average molecular weight is 429 g/mol. The lowest BCUT2D eigenvalue weighted by Gasteiger charge is -2.21. The number of esters is 1. The van der Waals surface area contributed by atoms with Crippen LogP contribution in [0.15, 0.2) is 24.3 Å². The second-order valence-electron chi connectivity index (χ2n) is 7.99. The zero-order chi connectivity index (χ0) is 21.5. The molecule has 2 aliphatic rings. The van der Waals surface area contributed by atoms with Gasteiger partial charge in [-0.3, -0.25) is 4.79 Å². The Balaban J connectivity index is 1.75. The molecule has 0 radical (unpaired) electrons. The van der Waals surface area contributed by atoms with Gasteiger partial charge in [-0.1, -0.05) is 30.5 Å². The van der Waals surface area contributed by atoms with Crippen LogP contribution in [0.1, 0.15) is 48.7 Å². The molecule has 2 aliphatic carbocycles. The van der Waals surface area contributed by atoms with Crippen molar-refractivity contribution in [3.63, 3.8) is 0 Å². The number of ether oxygens (including phenoxy) is 1. The molecule has 0 spiro atoms. The van der Waals surface area contributed by atoms with Gasteiger partial charge >= 0.3 is 5.97 Å². The maximum atomic E-state index is 12.6. The van der Waals surface area contributed by atoms with Crippen LogP contribution in [0.2, 0.25) is 0 Å². The van der Waals surface area contributed by atoms with E-state index in [1.165, 1.54) is 6.42 Å². The minimum atomic E-state index is -3.82. The Bertz CT molecular complexity index is 1190. The topological polar surface area (TPSA) is 94.5 Å². The van der Waals surface area contributed by atoms with Gasteiger partial charge < -0.3 is 10.1 Å². The highest BCUT2D eigenvalue weighted by Crippen LogP contribution is 2.44. The standard InChI is InChI=1S/C22H24N2O5S/c1-3-29-22(26)21-17(16-6-4-5-7-19(16)24(21)30(2,27)28)10-11-20(25)23-18-13-14-8-9-15(18)12-14/h4-7,14-15,18H,3,8-9,12-13H2,1-2H3,(H,23,25)/t14-,15+,18-/m1/s1. The van der Waals surface area contributed by atoms with Crippen molar-refractivity contribution in [1.82, 2.24) is 9.29 Å². The van der Waals surface area contributed by atoms with Gasteiger partial charge in [0.25, 0.3) is 5.91 Å². The zero-order valence-electron chi connectivity index (χ0n) is 17.0. The molecule has 3 atom stereocenters. The Kier molecular flexibility index (Phi) is 5.33. The maximum Gasteiger partial charge on any atom is 0.357 e. The summed E-state index contributed by atoms with van der Waals surface area (Å²) in [6, 6.07) is 6.83. The number of rotatable bonds is 4. The number of hydrogen-bond donors (Lipinski definition) is 1. The van der Waals surface area contributed by atoms with Crippen LogP contribution in [0.4, 0.5) is 0 Å². The third-order valence-corrected chi connectivity index (χ3v) is 7.03. The molecule has 2 saturated carbocycles. The van der Waals surface area contributed by atoms with E-state index in [4.69, 9.17) is 4.74 Å². The zero-order valence-corrected chi connectivity index (χ0v) is 17.8. The van der Waals surface area contributed by atoms with E-state index in [1.807, 2.05) is 0 Å². The summed E-state index contributed by atoms with van der Waals surface area (Å²) in [5.41, 5.74) is 0.319. The number of carbonyl (C=O) groups is 2. The lowest BCUT2D eigenvalue weighted by Crippen LogP contribution is -2.37. The Morgan fingerprint density at radius 3 is 2.63 bits per heavy atom. The first-order valence-corrected chi connectivity index (χ1v) is 12.0. The van der Waals surface area contributed by atoms with Crippen LogP contribution < -0.4 is 5.32 Å². The molecule has 4 rings (SSSR count). The van der Waals surface area contributed by atoms with E-state index in [1.54, 1.807) is 31.2 Å². The quantitative estimate of drug-likeness (QED) is 0.596. The molecule has 1 N–H and O–H groups in total. The van der Waals surface area contributed by atoms with Crippen molar-refractivity contribution >= 4 is 32.8 Å². The van der Waals surface area contributed by atoms with Crippen LogP contribution >= 0.6 is 0 Å². The summed E-state index contributed by atoms with van der Waals surface area (Å²) in [4.78, 5) is 25.1. The SMILES string of the molecule is CCOC(=O)c1c(C#CC(=O)N[C@@H]2C[C@@H]3CC[C@H]2C3)c2ccccc2n1S(C)(=O)=O. The number of amides is 1. The van der Waals surface area contributed by atoms with E-state index < -0.39 is 21.9 Å². The highest BCUT2D eigenvalue weighted by Gasteiger charge is 2.40. The summed E-state index contributed by atoms with van der Waals surface area (Å²) in [6.45, 7) is 1.72. The number of hydrogen-bond acceptors (Lipinski definition) is 5. The molecule has 1 amide bonds. The minimum absolute atomic E-state index is 0.0850. The summed E-state index contributed by atoms with van der Waals surface area (Å²) >= 11 is 0. The lowest BCUT2D eigenvalue weighted by atomic mass is 9.95. The van der Waals surface area contributed by atoms with Crippen LogP contribution in [0.3, 0.4) is 0 Å². The Morgan fingerprint density at radius 1 is 1.23 bits per heavy atom. The second kappa shape index (κ2) is 7.80. The Labute approximate surface area is 175 Å². The molecule has 30 heavy (non-hydrogen) atoms. The molecule has 2 aromatic rings. The van der Waals surface area contributed by atoms with E-state index in [9.17, 15) is 18.0 Å². The molecule has 2 fully saturated rings. The van der Waals surface area contributed by atoms with Gasteiger partial charge in [-0.2, -0.15) is 0 Å². The van der Waals surface area contributed by atoms with E-state index >= 15 is 0 Å². The van der Waals surface area contributed by atoms with Gasteiger partial charge in [-0.15, -0.1) is 0 Å². The Hall–Kier alpha value is -2.79. The van der Waals surface area contributed by atoms with E-state index in [2.05, 4.69) is 17.2 Å².